The highest BCUT2D eigenvalue weighted by Gasteiger charge is 2.26. The minimum Gasteiger partial charge on any atom is -0.325 e. The first kappa shape index (κ1) is 14.2. The van der Waals surface area contributed by atoms with Crippen molar-refractivity contribution in [1.82, 2.24) is 9.55 Å². The Balaban J connectivity index is 2.15. The van der Waals surface area contributed by atoms with E-state index >= 15 is 0 Å². The van der Waals surface area contributed by atoms with E-state index in [1.165, 1.54) is 12.5 Å². The number of imidazole rings is 1. The average Bonchev–Trinajstić information content (AvgIpc) is 2.94. The molecule has 5 heteroatoms. The van der Waals surface area contributed by atoms with Gasteiger partial charge in [0.1, 0.15) is 11.6 Å². The van der Waals surface area contributed by atoms with Crippen LogP contribution in [0.5, 0.6) is 0 Å². The number of aryl methyl sites for hydroxylation is 1. The summed E-state index contributed by atoms with van der Waals surface area (Å²) in [6.07, 6.45) is 4.14. The third-order valence-electron chi connectivity index (χ3n) is 4.15. The minimum atomic E-state index is -0.385. The van der Waals surface area contributed by atoms with Crippen molar-refractivity contribution < 1.29 is 4.39 Å². The summed E-state index contributed by atoms with van der Waals surface area (Å²) >= 11 is 11.7. The van der Waals surface area contributed by atoms with Crippen molar-refractivity contribution in [3.8, 4) is 0 Å². The predicted molar refractivity (Wildman–Crippen MR) is 81.2 cm³/mol. The molecule has 1 fully saturated rings. The Kier molecular flexibility index (Phi) is 3.91. The van der Waals surface area contributed by atoms with Crippen molar-refractivity contribution in [3.63, 3.8) is 0 Å². The highest BCUT2D eigenvalue weighted by atomic mass is 35.5. The Bertz CT molecular complexity index is 638. The van der Waals surface area contributed by atoms with Gasteiger partial charge in [0.2, 0.25) is 0 Å². The lowest BCUT2D eigenvalue weighted by molar-refractivity contribution is 0.489. The molecule has 2 aromatic rings. The number of alkyl halides is 1. The average molecular weight is 315 g/mol. The molecule has 3 rings (SSSR count). The van der Waals surface area contributed by atoms with Gasteiger partial charge in [-0.3, -0.25) is 0 Å². The summed E-state index contributed by atoms with van der Waals surface area (Å²) in [5.41, 5.74) is 1.60. The quantitative estimate of drug-likeness (QED) is 0.731. The molecule has 1 aromatic carbocycles. The van der Waals surface area contributed by atoms with E-state index in [1.807, 2.05) is 0 Å². The predicted octanol–water partition coefficient (Wildman–Crippen LogP) is 4.97. The van der Waals surface area contributed by atoms with Crippen LogP contribution in [0, 0.1) is 11.7 Å². The Morgan fingerprint density at radius 1 is 1.40 bits per heavy atom. The van der Waals surface area contributed by atoms with E-state index in [0.717, 1.165) is 29.7 Å². The van der Waals surface area contributed by atoms with Gasteiger partial charge in [0.15, 0.2) is 0 Å². The molecule has 0 radical (unpaired) electrons. The van der Waals surface area contributed by atoms with Gasteiger partial charge in [-0.2, -0.15) is 0 Å². The molecule has 1 heterocycles. The van der Waals surface area contributed by atoms with Gasteiger partial charge < -0.3 is 4.57 Å². The van der Waals surface area contributed by atoms with E-state index in [0.29, 0.717) is 24.3 Å². The number of aromatic nitrogens is 2. The van der Waals surface area contributed by atoms with Gasteiger partial charge in [0, 0.05) is 24.4 Å². The van der Waals surface area contributed by atoms with E-state index < -0.39 is 0 Å². The van der Waals surface area contributed by atoms with Gasteiger partial charge in [-0.05, 0) is 31.2 Å². The third-order valence-corrected chi connectivity index (χ3v) is 4.63. The second kappa shape index (κ2) is 5.53. The summed E-state index contributed by atoms with van der Waals surface area (Å²) < 4.78 is 16.0. The van der Waals surface area contributed by atoms with E-state index in [4.69, 9.17) is 23.2 Å². The van der Waals surface area contributed by atoms with Crippen LogP contribution < -0.4 is 0 Å². The van der Waals surface area contributed by atoms with Crippen LogP contribution in [-0.2, 0) is 6.42 Å². The Hall–Kier alpha value is -0.800. The van der Waals surface area contributed by atoms with Crippen molar-refractivity contribution in [3.05, 3.63) is 28.8 Å². The third kappa shape index (κ3) is 2.42. The molecule has 0 amide bonds. The summed E-state index contributed by atoms with van der Waals surface area (Å²) in [5.74, 6) is 1.78. The maximum atomic E-state index is 13.8. The maximum absolute atomic E-state index is 13.8. The number of halogens is 3. The minimum absolute atomic E-state index is 0.124. The summed E-state index contributed by atoms with van der Waals surface area (Å²) in [6, 6.07) is 3.51. The molecule has 0 spiro atoms. The summed E-state index contributed by atoms with van der Waals surface area (Å²) in [4.78, 5) is 4.60. The molecule has 0 saturated heterocycles. The molecule has 20 heavy (non-hydrogen) atoms. The fourth-order valence-electron chi connectivity index (χ4n) is 3.22. The lowest BCUT2D eigenvalue weighted by Crippen LogP contribution is -2.10. The van der Waals surface area contributed by atoms with Gasteiger partial charge in [-0.1, -0.05) is 18.5 Å². The first-order valence-corrected chi connectivity index (χ1v) is 7.93. The number of benzene rings is 1. The topological polar surface area (TPSA) is 17.8 Å². The molecule has 1 aliphatic carbocycles. The van der Waals surface area contributed by atoms with Crippen molar-refractivity contribution in [2.45, 2.75) is 38.6 Å². The number of rotatable bonds is 3. The van der Waals surface area contributed by atoms with E-state index in [9.17, 15) is 4.39 Å². The van der Waals surface area contributed by atoms with Crippen LogP contribution in [0.1, 0.15) is 38.1 Å². The lowest BCUT2D eigenvalue weighted by Gasteiger charge is -2.16. The Morgan fingerprint density at radius 2 is 2.20 bits per heavy atom. The standard InChI is InChI=1S/C15H17Cl2FN2/c1-9-2-3-10(6-9)20-14-8-12(18)11(17)7-13(14)19-15(20)4-5-16/h7-10H,2-6H2,1H3. The van der Waals surface area contributed by atoms with Gasteiger partial charge in [-0.15, -0.1) is 11.6 Å². The van der Waals surface area contributed by atoms with Gasteiger partial charge in [0.25, 0.3) is 0 Å². The van der Waals surface area contributed by atoms with Crippen molar-refractivity contribution in [1.29, 1.82) is 0 Å². The normalized spacial score (nSPS) is 22.8. The zero-order valence-corrected chi connectivity index (χ0v) is 12.9. The van der Waals surface area contributed by atoms with Crippen LogP contribution in [0.15, 0.2) is 12.1 Å². The molecule has 1 saturated carbocycles. The fourth-order valence-corrected chi connectivity index (χ4v) is 3.55. The molecular formula is C15H17Cl2FN2. The van der Waals surface area contributed by atoms with Gasteiger partial charge in [-0.25, -0.2) is 9.37 Å². The highest BCUT2D eigenvalue weighted by molar-refractivity contribution is 6.31. The molecule has 1 aliphatic rings. The van der Waals surface area contributed by atoms with Crippen LogP contribution in [-0.4, -0.2) is 15.4 Å². The van der Waals surface area contributed by atoms with Crippen molar-refractivity contribution in [2.75, 3.05) is 5.88 Å². The highest BCUT2D eigenvalue weighted by Crippen LogP contribution is 2.38. The van der Waals surface area contributed by atoms with E-state index in [-0.39, 0.29) is 10.8 Å². The molecule has 2 atom stereocenters. The molecule has 108 valence electrons. The second-order valence-corrected chi connectivity index (χ2v) is 6.45. The fraction of sp³-hybridized carbons (Fsp3) is 0.533. The first-order valence-electron chi connectivity index (χ1n) is 7.02. The number of fused-ring (bicyclic) bond motifs is 1. The number of hydrogen-bond donors (Lipinski definition) is 0. The Labute approximate surface area is 127 Å². The smallest absolute Gasteiger partial charge is 0.144 e. The largest absolute Gasteiger partial charge is 0.325 e. The van der Waals surface area contributed by atoms with E-state index in [2.05, 4.69) is 16.5 Å². The number of hydrogen-bond acceptors (Lipinski definition) is 1. The summed E-state index contributed by atoms with van der Waals surface area (Å²) in [7, 11) is 0. The van der Waals surface area contributed by atoms with Crippen LogP contribution in [0.3, 0.4) is 0 Å². The maximum Gasteiger partial charge on any atom is 0.144 e. The molecule has 1 aromatic heterocycles. The monoisotopic (exact) mass is 314 g/mol. The molecule has 2 unspecified atom stereocenters. The molecule has 0 bridgehead atoms. The Morgan fingerprint density at radius 3 is 2.85 bits per heavy atom. The number of nitrogens with zero attached hydrogens (tertiary/aromatic N) is 2. The summed E-state index contributed by atoms with van der Waals surface area (Å²) in [6.45, 7) is 2.26. The van der Waals surface area contributed by atoms with Gasteiger partial charge >= 0.3 is 0 Å². The van der Waals surface area contributed by atoms with Crippen LogP contribution >= 0.6 is 23.2 Å². The van der Waals surface area contributed by atoms with Crippen LogP contribution in [0.2, 0.25) is 5.02 Å². The zero-order chi connectivity index (χ0) is 14.3. The van der Waals surface area contributed by atoms with Crippen LogP contribution in [0.4, 0.5) is 4.39 Å². The van der Waals surface area contributed by atoms with Gasteiger partial charge in [0.05, 0.1) is 16.1 Å². The SMILES string of the molecule is CC1CCC(n2c(CCCl)nc3cc(Cl)c(F)cc32)C1. The van der Waals surface area contributed by atoms with Crippen molar-refractivity contribution >= 4 is 34.2 Å². The van der Waals surface area contributed by atoms with E-state index in [1.54, 1.807) is 6.07 Å². The first-order chi connectivity index (χ1) is 9.60. The zero-order valence-electron chi connectivity index (χ0n) is 11.4. The van der Waals surface area contributed by atoms with Crippen LogP contribution in [0.25, 0.3) is 11.0 Å². The molecule has 0 aliphatic heterocycles. The molecule has 2 nitrogen and oxygen atoms in total. The molecular weight excluding hydrogens is 298 g/mol. The molecule has 0 N–H and O–H groups in total. The summed E-state index contributed by atoms with van der Waals surface area (Å²) in [5, 5.41) is 0.124. The second-order valence-electron chi connectivity index (χ2n) is 5.66. The van der Waals surface area contributed by atoms with Crippen molar-refractivity contribution in [2.24, 2.45) is 5.92 Å². The lowest BCUT2D eigenvalue weighted by atomic mass is 10.1.